The summed E-state index contributed by atoms with van der Waals surface area (Å²) in [6.07, 6.45) is 2.19. The lowest BCUT2D eigenvalue weighted by molar-refractivity contribution is -0.134. The van der Waals surface area contributed by atoms with E-state index < -0.39 is 17.9 Å². The minimum Gasteiger partial charge on any atom is -0.349 e. The van der Waals surface area contributed by atoms with Crippen LogP contribution >= 0.6 is 12.4 Å². The molecule has 34 heavy (non-hydrogen) atoms. The summed E-state index contributed by atoms with van der Waals surface area (Å²) in [5.74, 6) is -4.77. The molecule has 188 valence electrons. The van der Waals surface area contributed by atoms with Gasteiger partial charge in [0.15, 0.2) is 0 Å². The molecule has 1 aromatic heterocycles. The summed E-state index contributed by atoms with van der Waals surface area (Å²) in [6.45, 7) is 0. The molecular weight excluding hydrogens is 472 g/mol. The Bertz CT molecular complexity index is 1020. The number of aromatic nitrogens is 2. The average Bonchev–Trinajstić information content (AvgIpc) is 3.48. The maximum atomic E-state index is 13.5. The molecule has 0 aliphatic heterocycles. The van der Waals surface area contributed by atoms with E-state index in [0.29, 0.717) is 24.6 Å². The summed E-state index contributed by atoms with van der Waals surface area (Å²) < 4.78 is 53.1. The van der Waals surface area contributed by atoms with Gasteiger partial charge in [0.05, 0.1) is 23.1 Å². The Morgan fingerprint density at radius 1 is 1.09 bits per heavy atom. The molecule has 2 aromatic rings. The second kappa shape index (κ2) is 9.30. The summed E-state index contributed by atoms with van der Waals surface area (Å²) >= 11 is 0. The van der Waals surface area contributed by atoms with Crippen LogP contribution in [0, 0.1) is 17.8 Å². The first-order valence-electron chi connectivity index (χ1n) is 11.9. The van der Waals surface area contributed by atoms with Gasteiger partial charge in [0.25, 0.3) is 0 Å². The number of alkyl halides is 4. The van der Waals surface area contributed by atoms with Crippen LogP contribution in [0.1, 0.15) is 81.3 Å². The molecule has 1 aromatic carbocycles. The van der Waals surface area contributed by atoms with Crippen molar-refractivity contribution in [3.05, 3.63) is 29.6 Å². The molecule has 3 aliphatic carbocycles. The van der Waals surface area contributed by atoms with Gasteiger partial charge in [0.2, 0.25) is 17.8 Å². The van der Waals surface area contributed by atoms with Crippen LogP contribution in [0.4, 0.5) is 17.6 Å². The molecule has 3 fully saturated rings. The Kier molecular flexibility index (Phi) is 6.90. The highest BCUT2D eigenvalue weighted by atomic mass is 35.5. The van der Waals surface area contributed by atoms with Crippen molar-refractivity contribution in [3.8, 4) is 0 Å². The average molecular weight is 503 g/mol. The number of carbonyl (C=O) groups is 1. The van der Waals surface area contributed by atoms with Crippen molar-refractivity contribution < 1.29 is 22.4 Å². The number of nitrogens with two attached hydrogens (primary N) is 1. The lowest BCUT2D eigenvalue weighted by Crippen LogP contribution is -2.39. The van der Waals surface area contributed by atoms with Crippen molar-refractivity contribution in [1.82, 2.24) is 15.3 Å². The first kappa shape index (κ1) is 25.2. The van der Waals surface area contributed by atoms with Crippen LogP contribution in [0.5, 0.6) is 0 Å². The van der Waals surface area contributed by atoms with Gasteiger partial charge in [-0.2, -0.15) is 0 Å². The number of halogens is 5. The van der Waals surface area contributed by atoms with Crippen molar-refractivity contribution in [2.75, 3.05) is 0 Å². The van der Waals surface area contributed by atoms with Gasteiger partial charge in [-0.3, -0.25) is 4.79 Å². The Balaban J connectivity index is 0.00000274. The molecule has 1 heterocycles. The van der Waals surface area contributed by atoms with Gasteiger partial charge in [-0.15, -0.1) is 12.4 Å². The zero-order chi connectivity index (χ0) is 23.4. The number of amides is 1. The highest BCUT2D eigenvalue weighted by Crippen LogP contribution is 2.45. The second-order valence-corrected chi connectivity index (χ2v) is 10.3. The number of nitrogens with one attached hydrogen (secondary N) is 2. The van der Waals surface area contributed by atoms with Crippen LogP contribution < -0.4 is 11.1 Å². The molecule has 10 heteroatoms. The van der Waals surface area contributed by atoms with Gasteiger partial charge < -0.3 is 16.0 Å². The third kappa shape index (κ3) is 5.51. The number of benzene rings is 1. The van der Waals surface area contributed by atoms with Crippen molar-refractivity contribution in [3.63, 3.8) is 0 Å². The maximum Gasteiger partial charge on any atom is 0.248 e. The van der Waals surface area contributed by atoms with Crippen molar-refractivity contribution in [1.29, 1.82) is 0 Å². The molecule has 1 unspecified atom stereocenters. The third-order valence-corrected chi connectivity index (χ3v) is 7.53. The number of nitrogens with zero attached hydrogens (tertiary/aromatic N) is 1. The van der Waals surface area contributed by atoms with Crippen LogP contribution in [0.3, 0.4) is 0 Å². The molecule has 5 rings (SSSR count). The molecule has 3 saturated carbocycles. The van der Waals surface area contributed by atoms with Crippen LogP contribution in [0.2, 0.25) is 0 Å². The molecule has 5 nitrogen and oxygen atoms in total. The van der Waals surface area contributed by atoms with E-state index in [4.69, 9.17) is 5.73 Å². The van der Waals surface area contributed by atoms with Crippen LogP contribution in [-0.4, -0.2) is 27.7 Å². The van der Waals surface area contributed by atoms with Gasteiger partial charge in [0.1, 0.15) is 5.82 Å². The molecule has 2 atom stereocenters. The number of fused-ring (bicyclic) bond motifs is 1. The number of rotatable bonds is 7. The first-order chi connectivity index (χ1) is 15.6. The smallest absolute Gasteiger partial charge is 0.248 e. The fraction of sp³-hybridized carbons (Fsp3) is 0.667. The van der Waals surface area contributed by atoms with E-state index in [0.717, 1.165) is 29.4 Å². The van der Waals surface area contributed by atoms with Crippen molar-refractivity contribution in [2.45, 2.75) is 81.7 Å². The topological polar surface area (TPSA) is 83.8 Å². The highest BCUT2D eigenvalue weighted by molar-refractivity contribution is 5.85. The first-order valence-corrected chi connectivity index (χ1v) is 11.9. The predicted molar refractivity (Wildman–Crippen MR) is 123 cm³/mol. The summed E-state index contributed by atoms with van der Waals surface area (Å²) in [6, 6.07) is 5.16. The quantitative estimate of drug-likeness (QED) is 0.417. The molecule has 1 amide bonds. The standard InChI is InChI=1S/C24H30F4N4O.ClH/c25-23(26)7-5-14(6-8-23)20(29)22-30-17-4-3-16(10-18(17)31-22)21(15-1-2-15)32-19(33)9-13-11-24(27,28)12-13;/h3-4,10,13-15,20-21H,1-2,5-9,11-12,29H2,(H,30,31)(H,32,33);1H/t20?,21-;/m1./s1. The number of hydrogen-bond donors (Lipinski definition) is 3. The zero-order valence-corrected chi connectivity index (χ0v) is 19.7. The number of H-pyrrole nitrogens is 1. The van der Waals surface area contributed by atoms with Crippen molar-refractivity contribution >= 4 is 29.3 Å². The number of aromatic amines is 1. The lowest BCUT2D eigenvalue weighted by atomic mass is 9.79. The molecule has 0 saturated heterocycles. The normalized spacial score (nSPS) is 24.1. The van der Waals surface area contributed by atoms with Crippen LogP contribution in [0.15, 0.2) is 18.2 Å². The highest BCUT2D eigenvalue weighted by Gasteiger charge is 2.46. The zero-order valence-electron chi connectivity index (χ0n) is 18.8. The Morgan fingerprint density at radius 3 is 2.38 bits per heavy atom. The van der Waals surface area contributed by atoms with E-state index in [9.17, 15) is 22.4 Å². The number of imidazole rings is 1. The van der Waals surface area contributed by atoms with E-state index in [-0.39, 0.29) is 68.3 Å². The second-order valence-electron chi connectivity index (χ2n) is 10.3. The van der Waals surface area contributed by atoms with Gasteiger partial charge in [-0.1, -0.05) is 6.07 Å². The maximum absolute atomic E-state index is 13.5. The van der Waals surface area contributed by atoms with Gasteiger partial charge >= 0.3 is 0 Å². The minimum absolute atomic E-state index is 0. The fourth-order valence-electron chi connectivity index (χ4n) is 5.37. The molecular formula is C24H31ClF4N4O. The minimum atomic E-state index is -2.62. The third-order valence-electron chi connectivity index (χ3n) is 7.53. The van der Waals surface area contributed by atoms with E-state index in [1.54, 1.807) is 0 Å². The number of carbonyl (C=O) groups excluding carboxylic acids is 1. The van der Waals surface area contributed by atoms with Crippen molar-refractivity contribution in [2.24, 2.45) is 23.5 Å². The summed E-state index contributed by atoms with van der Waals surface area (Å²) in [4.78, 5) is 20.4. The van der Waals surface area contributed by atoms with Gasteiger partial charge in [0, 0.05) is 32.1 Å². The fourth-order valence-corrected chi connectivity index (χ4v) is 5.37. The summed E-state index contributed by atoms with van der Waals surface area (Å²) in [7, 11) is 0. The monoisotopic (exact) mass is 502 g/mol. The van der Waals surface area contributed by atoms with Gasteiger partial charge in [-0.05, 0) is 61.1 Å². The Hall–Kier alpha value is -1.87. The molecule has 0 bridgehead atoms. The van der Waals surface area contributed by atoms with E-state index in [1.807, 2.05) is 18.2 Å². The van der Waals surface area contributed by atoms with E-state index >= 15 is 0 Å². The Labute approximate surface area is 202 Å². The van der Waals surface area contributed by atoms with E-state index in [1.165, 1.54) is 0 Å². The number of hydrogen-bond acceptors (Lipinski definition) is 3. The summed E-state index contributed by atoms with van der Waals surface area (Å²) in [5, 5.41) is 3.06. The van der Waals surface area contributed by atoms with E-state index in [2.05, 4.69) is 15.3 Å². The van der Waals surface area contributed by atoms with Gasteiger partial charge in [-0.25, -0.2) is 22.5 Å². The van der Waals surface area contributed by atoms with Crippen LogP contribution in [-0.2, 0) is 4.79 Å². The molecule has 0 radical (unpaired) electrons. The molecule has 3 aliphatic rings. The SMILES string of the molecule is Cl.NC(c1nc2ccc([C@H](NC(=O)CC3CC(F)(F)C3)C3CC3)cc2[nH]1)C1CCC(F)(F)CC1. The lowest BCUT2D eigenvalue weighted by Gasteiger charge is -2.34. The largest absolute Gasteiger partial charge is 0.349 e. The predicted octanol–water partition coefficient (Wildman–Crippen LogP) is 5.81. The summed E-state index contributed by atoms with van der Waals surface area (Å²) in [5.41, 5.74) is 8.85. The molecule has 0 spiro atoms. The Morgan fingerprint density at radius 2 is 1.76 bits per heavy atom. The molecule has 4 N–H and O–H groups in total. The van der Waals surface area contributed by atoms with Crippen LogP contribution in [0.25, 0.3) is 11.0 Å².